The van der Waals surface area contributed by atoms with Gasteiger partial charge in [0.05, 0.1) is 15.8 Å². The fourth-order valence-electron chi connectivity index (χ4n) is 3.06. The van der Waals surface area contributed by atoms with Gasteiger partial charge in [-0.05, 0) is 41.8 Å². The Morgan fingerprint density at radius 3 is 2.69 bits per heavy atom. The van der Waals surface area contributed by atoms with Crippen molar-refractivity contribution in [1.82, 2.24) is 9.55 Å². The Hall–Kier alpha value is -3.42. The van der Waals surface area contributed by atoms with Gasteiger partial charge in [-0.1, -0.05) is 6.07 Å². The maximum Gasteiger partial charge on any atom is 0.270 e. The summed E-state index contributed by atoms with van der Waals surface area (Å²) >= 11 is 0. The molecule has 2 heterocycles. The van der Waals surface area contributed by atoms with E-state index in [-0.39, 0.29) is 16.6 Å². The normalized spacial score (nSPS) is 14.8. The summed E-state index contributed by atoms with van der Waals surface area (Å²) in [5.41, 5.74) is 0.999. The molecule has 0 radical (unpaired) electrons. The van der Waals surface area contributed by atoms with Crippen LogP contribution >= 0.6 is 0 Å². The van der Waals surface area contributed by atoms with E-state index in [1.165, 1.54) is 28.8 Å². The number of non-ortho nitro benzene ring substituents is 1. The van der Waals surface area contributed by atoms with Crippen molar-refractivity contribution >= 4 is 28.2 Å². The molecule has 1 aliphatic rings. The Morgan fingerprint density at radius 2 is 1.96 bits per heavy atom. The molecule has 0 spiro atoms. The zero-order valence-corrected chi connectivity index (χ0v) is 13.3. The Labute approximate surface area is 145 Å². The van der Waals surface area contributed by atoms with Crippen LogP contribution in [0.4, 0.5) is 14.5 Å². The maximum atomic E-state index is 13.4. The number of allylic oxidation sites excluding steroid dienone is 1. The molecule has 0 amide bonds. The molecule has 0 bridgehead atoms. The van der Waals surface area contributed by atoms with E-state index < -0.39 is 16.6 Å². The van der Waals surface area contributed by atoms with E-state index in [1.807, 2.05) is 0 Å². The Balaban J connectivity index is 1.86. The minimum atomic E-state index is -0.950. The van der Waals surface area contributed by atoms with Gasteiger partial charge in [-0.25, -0.2) is 13.8 Å². The van der Waals surface area contributed by atoms with E-state index in [2.05, 4.69) is 4.98 Å². The minimum absolute atomic E-state index is 0.174. The van der Waals surface area contributed by atoms with E-state index in [1.54, 1.807) is 6.08 Å². The molecule has 6 nitrogen and oxygen atoms in total. The summed E-state index contributed by atoms with van der Waals surface area (Å²) in [4.78, 5) is 27.4. The second kappa shape index (κ2) is 5.83. The highest BCUT2D eigenvalue weighted by Crippen LogP contribution is 2.28. The lowest BCUT2D eigenvalue weighted by Gasteiger charge is -2.05. The first-order chi connectivity index (χ1) is 12.4. The smallest absolute Gasteiger partial charge is 0.270 e. The van der Waals surface area contributed by atoms with E-state index in [4.69, 9.17) is 0 Å². The third-order valence-corrected chi connectivity index (χ3v) is 4.33. The van der Waals surface area contributed by atoms with Gasteiger partial charge in [-0.2, -0.15) is 0 Å². The summed E-state index contributed by atoms with van der Waals surface area (Å²) in [5, 5.41) is 11.1. The molecule has 26 heavy (non-hydrogen) atoms. The average molecular weight is 355 g/mol. The SMILES string of the molecule is O=c1c2cc([N+](=O)[O-])ccc2nc2n1CCC2=Cc1ccc(F)c(F)c1. The van der Waals surface area contributed by atoms with Gasteiger partial charge in [0.1, 0.15) is 5.82 Å². The van der Waals surface area contributed by atoms with Crippen LogP contribution in [-0.4, -0.2) is 14.5 Å². The number of fused-ring (bicyclic) bond motifs is 2. The minimum Gasteiger partial charge on any atom is -0.292 e. The monoisotopic (exact) mass is 355 g/mol. The molecule has 0 aliphatic carbocycles. The van der Waals surface area contributed by atoms with Gasteiger partial charge in [-0.15, -0.1) is 0 Å². The Bertz CT molecular complexity index is 1170. The van der Waals surface area contributed by atoms with Crippen molar-refractivity contribution in [2.24, 2.45) is 0 Å². The number of halogens is 2. The summed E-state index contributed by atoms with van der Waals surface area (Å²) in [6, 6.07) is 7.50. The molecule has 0 saturated carbocycles. The van der Waals surface area contributed by atoms with Gasteiger partial charge in [-0.3, -0.25) is 19.5 Å². The van der Waals surface area contributed by atoms with E-state index in [0.717, 1.165) is 12.1 Å². The van der Waals surface area contributed by atoms with Gasteiger partial charge in [0.2, 0.25) is 0 Å². The predicted molar refractivity (Wildman–Crippen MR) is 91.5 cm³/mol. The molecular weight excluding hydrogens is 344 g/mol. The molecular formula is C18H11F2N3O3. The zero-order valence-electron chi connectivity index (χ0n) is 13.3. The Kier molecular flexibility index (Phi) is 3.61. The molecule has 1 aromatic heterocycles. The second-order valence-electron chi connectivity index (χ2n) is 5.94. The lowest BCUT2D eigenvalue weighted by Crippen LogP contribution is -2.20. The summed E-state index contributed by atoms with van der Waals surface area (Å²) in [5.74, 6) is -1.45. The van der Waals surface area contributed by atoms with Crippen molar-refractivity contribution in [3.63, 3.8) is 0 Å². The van der Waals surface area contributed by atoms with Gasteiger partial charge in [0.25, 0.3) is 11.2 Å². The van der Waals surface area contributed by atoms with Gasteiger partial charge in [0.15, 0.2) is 11.6 Å². The van der Waals surface area contributed by atoms with Crippen LogP contribution in [-0.2, 0) is 6.54 Å². The zero-order chi connectivity index (χ0) is 18.4. The van der Waals surface area contributed by atoms with Crippen molar-refractivity contribution in [3.8, 4) is 0 Å². The van der Waals surface area contributed by atoms with Crippen LogP contribution in [0.25, 0.3) is 22.6 Å². The standard InChI is InChI=1S/C18H11F2N3O3/c19-14-3-1-10(8-15(14)20)7-11-5-6-22-17(11)21-16-4-2-12(23(25)26)9-13(16)18(22)24/h1-4,7-9H,5-6H2. The van der Waals surface area contributed by atoms with E-state index in [0.29, 0.717) is 35.4 Å². The van der Waals surface area contributed by atoms with Gasteiger partial charge < -0.3 is 0 Å². The lowest BCUT2D eigenvalue weighted by atomic mass is 10.1. The van der Waals surface area contributed by atoms with Crippen LogP contribution in [0, 0.1) is 21.7 Å². The summed E-state index contributed by atoms with van der Waals surface area (Å²) in [6.45, 7) is 0.370. The Morgan fingerprint density at radius 1 is 1.15 bits per heavy atom. The third kappa shape index (κ3) is 2.55. The molecule has 0 fully saturated rings. The van der Waals surface area contributed by atoms with Crippen LogP contribution < -0.4 is 5.56 Å². The van der Waals surface area contributed by atoms with Crippen LogP contribution in [0.1, 0.15) is 17.8 Å². The van der Waals surface area contributed by atoms with E-state index in [9.17, 15) is 23.7 Å². The van der Waals surface area contributed by atoms with Crippen LogP contribution in [0.3, 0.4) is 0 Å². The number of hydrogen-bond donors (Lipinski definition) is 0. The summed E-state index contributed by atoms with van der Waals surface area (Å²) in [7, 11) is 0. The number of aromatic nitrogens is 2. The molecule has 0 N–H and O–H groups in total. The fourth-order valence-corrected chi connectivity index (χ4v) is 3.06. The quantitative estimate of drug-likeness (QED) is 0.520. The number of rotatable bonds is 2. The highest BCUT2D eigenvalue weighted by atomic mass is 19.2. The molecule has 0 saturated heterocycles. The molecule has 0 unspecified atom stereocenters. The summed E-state index contributed by atoms with van der Waals surface area (Å²) in [6.07, 6.45) is 2.16. The second-order valence-corrected chi connectivity index (χ2v) is 5.94. The fraction of sp³-hybridized carbons (Fsp3) is 0.111. The average Bonchev–Trinajstić information content (AvgIpc) is 3.01. The number of nitrogens with zero attached hydrogens (tertiary/aromatic N) is 3. The van der Waals surface area contributed by atoms with E-state index >= 15 is 0 Å². The first kappa shape index (κ1) is 16.1. The maximum absolute atomic E-state index is 13.4. The molecule has 0 atom stereocenters. The molecule has 1 aliphatic heterocycles. The van der Waals surface area contributed by atoms with Crippen LogP contribution in [0.2, 0.25) is 0 Å². The van der Waals surface area contributed by atoms with Crippen molar-refractivity contribution < 1.29 is 13.7 Å². The largest absolute Gasteiger partial charge is 0.292 e. The number of hydrogen-bond acceptors (Lipinski definition) is 4. The molecule has 2 aromatic carbocycles. The predicted octanol–water partition coefficient (Wildman–Crippen LogP) is 3.53. The van der Waals surface area contributed by atoms with Gasteiger partial charge in [0, 0.05) is 18.7 Å². The first-order valence-corrected chi connectivity index (χ1v) is 7.79. The van der Waals surface area contributed by atoms with Crippen molar-refractivity contribution in [2.45, 2.75) is 13.0 Å². The molecule has 4 rings (SSSR count). The molecule has 8 heteroatoms. The topological polar surface area (TPSA) is 78.0 Å². The number of nitro groups is 1. The summed E-state index contributed by atoms with van der Waals surface area (Å²) < 4.78 is 27.9. The van der Waals surface area contributed by atoms with Crippen molar-refractivity contribution in [3.05, 3.63) is 79.9 Å². The lowest BCUT2D eigenvalue weighted by molar-refractivity contribution is -0.384. The van der Waals surface area contributed by atoms with Gasteiger partial charge >= 0.3 is 0 Å². The number of nitro benzene ring substituents is 1. The van der Waals surface area contributed by atoms with Crippen molar-refractivity contribution in [2.75, 3.05) is 0 Å². The molecule has 130 valence electrons. The first-order valence-electron chi connectivity index (χ1n) is 7.79. The highest BCUT2D eigenvalue weighted by molar-refractivity contribution is 5.85. The molecule has 3 aromatic rings. The highest BCUT2D eigenvalue weighted by Gasteiger charge is 2.22. The van der Waals surface area contributed by atoms with Crippen LogP contribution in [0.5, 0.6) is 0 Å². The van der Waals surface area contributed by atoms with Crippen molar-refractivity contribution in [1.29, 1.82) is 0 Å². The number of benzene rings is 2. The van der Waals surface area contributed by atoms with Crippen LogP contribution in [0.15, 0.2) is 41.2 Å². The third-order valence-electron chi connectivity index (χ3n) is 4.33.